The third-order valence-electron chi connectivity index (χ3n) is 2.80. The van der Waals surface area contributed by atoms with E-state index in [-0.39, 0.29) is 0 Å². The molecule has 0 spiro atoms. The van der Waals surface area contributed by atoms with E-state index in [0.717, 1.165) is 0 Å². The minimum absolute atomic E-state index is 0.357. The molecule has 1 aromatic rings. The number of esters is 1. The number of nitriles is 1. The van der Waals surface area contributed by atoms with E-state index in [9.17, 15) is 9.59 Å². The molecule has 0 saturated carbocycles. The minimum atomic E-state index is -0.701. The van der Waals surface area contributed by atoms with Gasteiger partial charge in [-0.15, -0.1) is 0 Å². The molecule has 1 aromatic carbocycles. The molecule has 6 nitrogen and oxygen atoms in total. The number of ether oxygens (including phenoxy) is 2. The van der Waals surface area contributed by atoms with Gasteiger partial charge in [-0.1, -0.05) is 6.07 Å². The van der Waals surface area contributed by atoms with Crippen molar-refractivity contribution in [2.24, 2.45) is 0 Å². The number of benzene rings is 1. The number of carbonyl (C=O) groups excluding carboxylic acids is 2. The lowest BCUT2D eigenvalue weighted by Crippen LogP contribution is -2.41. The molecule has 0 N–H and O–H groups in total. The highest BCUT2D eigenvalue weighted by Crippen LogP contribution is 2.22. The molecule has 0 aliphatic carbocycles. The van der Waals surface area contributed by atoms with Crippen LogP contribution in [0.4, 0.5) is 10.5 Å². The summed E-state index contributed by atoms with van der Waals surface area (Å²) in [6.45, 7) is 0.377. The predicted molar refractivity (Wildman–Crippen MR) is 65.6 cm³/mol. The van der Waals surface area contributed by atoms with E-state index in [0.29, 0.717) is 24.2 Å². The molecule has 0 radical (unpaired) electrons. The summed E-state index contributed by atoms with van der Waals surface area (Å²) in [5, 5.41) is 8.71. The average Bonchev–Trinajstić information content (AvgIpc) is 2.46. The molecule has 2 rings (SSSR count). The summed E-state index contributed by atoms with van der Waals surface area (Å²) in [5.74, 6) is -0.470. The zero-order valence-electron chi connectivity index (χ0n) is 10.3. The van der Waals surface area contributed by atoms with Crippen LogP contribution in [0, 0.1) is 11.3 Å². The summed E-state index contributed by atoms with van der Waals surface area (Å²) in [6.07, 6.45) is -0.850. The molecule has 1 unspecified atom stereocenters. The average molecular weight is 260 g/mol. The Bertz CT molecular complexity index is 550. The van der Waals surface area contributed by atoms with Crippen molar-refractivity contribution >= 4 is 17.7 Å². The highest BCUT2D eigenvalue weighted by atomic mass is 16.6. The lowest BCUT2D eigenvalue weighted by Gasteiger charge is -2.28. The van der Waals surface area contributed by atoms with Crippen molar-refractivity contribution in [3.05, 3.63) is 29.8 Å². The second kappa shape index (κ2) is 5.40. The summed E-state index contributed by atoms with van der Waals surface area (Å²) in [4.78, 5) is 24.6. The van der Waals surface area contributed by atoms with E-state index in [1.165, 1.54) is 12.0 Å². The van der Waals surface area contributed by atoms with Crippen LogP contribution in [0.5, 0.6) is 0 Å². The number of amides is 1. The van der Waals surface area contributed by atoms with Crippen LogP contribution in [0.2, 0.25) is 0 Å². The second-order valence-corrected chi connectivity index (χ2v) is 3.98. The summed E-state index contributed by atoms with van der Waals surface area (Å²) in [6, 6.07) is 8.41. The monoisotopic (exact) mass is 260 g/mol. The fourth-order valence-electron chi connectivity index (χ4n) is 1.83. The van der Waals surface area contributed by atoms with Gasteiger partial charge in [-0.2, -0.15) is 5.26 Å². The van der Waals surface area contributed by atoms with Gasteiger partial charge in [0.2, 0.25) is 0 Å². The normalized spacial score (nSPS) is 18.4. The van der Waals surface area contributed by atoms with Crippen molar-refractivity contribution in [2.45, 2.75) is 12.5 Å². The van der Waals surface area contributed by atoms with Crippen LogP contribution >= 0.6 is 0 Å². The molecule has 1 fully saturated rings. The number of rotatable bonds is 2. The van der Waals surface area contributed by atoms with E-state index in [4.69, 9.17) is 10.00 Å². The van der Waals surface area contributed by atoms with Crippen molar-refractivity contribution in [3.8, 4) is 6.07 Å². The molecular formula is C13H12N2O4. The van der Waals surface area contributed by atoms with Gasteiger partial charge in [0.1, 0.15) is 6.07 Å². The van der Waals surface area contributed by atoms with E-state index in [2.05, 4.69) is 4.74 Å². The third kappa shape index (κ3) is 2.65. The van der Waals surface area contributed by atoms with Gasteiger partial charge < -0.3 is 9.47 Å². The van der Waals surface area contributed by atoms with Gasteiger partial charge in [0.05, 0.1) is 12.7 Å². The first-order valence-electron chi connectivity index (χ1n) is 5.72. The third-order valence-corrected chi connectivity index (χ3v) is 2.80. The first-order valence-corrected chi connectivity index (χ1v) is 5.72. The topological polar surface area (TPSA) is 79.6 Å². The number of methoxy groups -OCH3 is 1. The molecule has 19 heavy (non-hydrogen) atoms. The van der Waals surface area contributed by atoms with Gasteiger partial charge in [-0.3, -0.25) is 4.90 Å². The highest BCUT2D eigenvalue weighted by molar-refractivity contribution is 5.93. The summed E-state index contributed by atoms with van der Waals surface area (Å²) in [7, 11) is 1.29. The molecular weight excluding hydrogens is 248 g/mol. The van der Waals surface area contributed by atoms with Crippen LogP contribution < -0.4 is 4.90 Å². The first-order chi connectivity index (χ1) is 9.15. The van der Waals surface area contributed by atoms with E-state index in [1.54, 1.807) is 24.3 Å². The van der Waals surface area contributed by atoms with Crippen LogP contribution in [0.3, 0.4) is 0 Å². The maximum atomic E-state index is 11.8. The smallest absolute Gasteiger partial charge is 0.415 e. The number of hydrogen-bond donors (Lipinski definition) is 0. The van der Waals surface area contributed by atoms with Crippen molar-refractivity contribution in [3.63, 3.8) is 0 Å². The Hall–Kier alpha value is -2.55. The van der Waals surface area contributed by atoms with Crippen molar-refractivity contribution < 1.29 is 19.1 Å². The van der Waals surface area contributed by atoms with E-state index < -0.39 is 18.2 Å². The summed E-state index contributed by atoms with van der Waals surface area (Å²) < 4.78 is 9.56. The molecule has 1 saturated heterocycles. The van der Waals surface area contributed by atoms with Gasteiger partial charge in [-0.25, -0.2) is 9.59 Å². The molecule has 0 bridgehead atoms. The second-order valence-electron chi connectivity index (χ2n) is 3.98. The van der Waals surface area contributed by atoms with Crippen LogP contribution in [0.1, 0.15) is 16.8 Å². The Morgan fingerprint density at radius 2 is 2.37 bits per heavy atom. The molecule has 98 valence electrons. The Morgan fingerprint density at radius 1 is 1.58 bits per heavy atom. The lowest BCUT2D eigenvalue weighted by molar-refractivity contribution is 0.0600. The van der Waals surface area contributed by atoms with E-state index >= 15 is 0 Å². The SMILES string of the molecule is COC(=O)c1cccc(N2CCC(C#N)OC2=O)c1. The molecule has 0 aromatic heterocycles. The van der Waals surface area contributed by atoms with Crippen LogP contribution in [0.15, 0.2) is 24.3 Å². The molecule has 1 heterocycles. The van der Waals surface area contributed by atoms with Gasteiger partial charge in [-0.05, 0) is 18.2 Å². The fraction of sp³-hybridized carbons (Fsp3) is 0.308. The standard InChI is InChI=1S/C13H12N2O4/c1-18-12(16)9-3-2-4-10(7-9)15-6-5-11(8-14)19-13(15)17/h2-4,7,11H,5-6H2,1H3. The zero-order chi connectivity index (χ0) is 13.8. The van der Waals surface area contributed by atoms with Crippen molar-refractivity contribution in [2.75, 3.05) is 18.6 Å². The van der Waals surface area contributed by atoms with Gasteiger partial charge in [0.25, 0.3) is 0 Å². The first kappa shape index (κ1) is 12.9. The number of cyclic esters (lactones) is 1. The van der Waals surface area contributed by atoms with Crippen LogP contribution in [-0.4, -0.2) is 31.8 Å². The highest BCUT2D eigenvalue weighted by Gasteiger charge is 2.28. The molecule has 1 aliphatic heterocycles. The molecule has 1 atom stereocenters. The Balaban J connectivity index is 2.21. The van der Waals surface area contributed by atoms with Gasteiger partial charge in [0.15, 0.2) is 6.10 Å². The van der Waals surface area contributed by atoms with Crippen LogP contribution in [-0.2, 0) is 9.47 Å². The number of anilines is 1. The molecule has 6 heteroatoms. The Morgan fingerprint density at radius 3 is 3.00 bits per heavy atom. The maximum absolute atomic E-state index is 11.8. The predicted octanol–water partition coefficient (Wildman–Crippen LogP) is 1.71. The Kier molecular flexibility index (Phi) is 3.66. The van der Waals surface area contributed by atoms with Gasteiger partial charge >= 0.3 is 12.1 Å². The largest absolute Gasteiger partial charge is 0.465 e. The minimum Gasteiger partial charge on any atom is -0.465 e. The number of carbonyl (C=O) groups is 2. The zero-order valence-corrected chi connectivity index (χ0v) is 10.3. The fourth-order valence-corrected chi connectivity index (χ4v) is 1.83. The van der Waals surface area contributed by atoms with Crippen molar-refractivity contribution in [1.82, 2.24) is 0 Å². The summed E-state index contributed by atoms with van der Waals surface area (Å²) in [5.41, 5.74) is 0.902. The van der Waals surface area contributed by atoms with E-state index in [1.807, 2.05) is 6.07 Å². The molecule has 1 aliphatic rings. The maximum Gasteiger partial charge on any atom is 0.415 e. The summed E-state index contributed by atoms with van der Waals surface area (Å²) >= 11 is 0. The Labute approximate surface area is 110 Å². The van der Waals surface area contributed by atoms with Gasteiger partial charge in [0, 0.05) is 18.7 Å². The van der Waals surface area contributed by atoms with Crippen molar-refractivity contribution in [1.29, 1.82) is 5.26 Å². The number of nitrogens with zero attached hydrogens (tertiary/aromatic N) is 2. The lowest BCUT2D eigenvalue weighted by atomic mass is 10.1. The van der Waals surface area contributed by atoms with Crippen LogP contribution in [0.25, 0.3) is 0 Å². The number of hydrogen-bond acceptors (Lipinski definition) is 5. The molecule has 1 amide bonds. The quantitative estimate of drug-likeness (QED) is 0.756.